The lowest BCUT2D eigenvalue weighted by molar-refractivity contribution is -0.920. The molecular formula is C14H22N2O3. The number of hydrogen-bond donors (Lipinski definition) is 1. The molecule has 0 atom stereocenters. The standard InChI is InChI=1S/C14H22N2O3/c1-2-3-12-9-13(19-15-12)10-16-6-4-11(5-7-16)8-14(17)18/h9,11H,2-8,10H2,1H3,(H,17,18). The third-order valence-electron chi connectivity index (χ3n) is 3.81. The zero-order valence-electron chi connectivity index (χ0n) is 11.5. The summed E-state index contributed by atoms with van der Waals surface area (Å²) in [5.41, 5.74) is 1.03. The summed E-state index contributed by atoms with van der Waals surface area (Å²) in [6, 6.07) is 2.05. The summed E-state index contributed by atoms with van der Waals surface area (Å²) in [6.07, 6.45) is 4.16. The van der Waals surface area contributed by atoms with Gasteiger partial charge < -0.3 is 19.3 Å². The molecule has 0 saturated carbocycles. The third kappa shape index (κ3) is 4.35. The molecule has 1 aliphatic heterocycles. The van der Waals surface area contributed by atoms with Crippen LogP contribution < -0.4 is 10.0 Å². The summed E-state index contributed by atoms with van der Waals surface area (Å²) in [4.78, 5) is 12.0. The highest BCUT2D eigenvalue weighted by Gasteiger charge is 2.23. The molecule has 2 heterocycles. The Bertz CT molecular complexity index is 409. The van der Waals surface area contributed by atoms with Crippen LogP contribution in [0.2, 0.25) is 0 Å². The highest BCUT2D eigenvalue weighted by atomic mass is 16.5. The quantitative estimate of drug-likeness (QED) is 0.758. The molecular weight excluding hydrogens is 244 g/mol. The maximum Gasteiger partial charge on any atom is 0.191 e. The van der Waals surface area contributed by atoms with Gasteiger partial charge in [-0.3, -0.25) is 0 Å². The predicted octanol–water partition coefficient (Wildman–Crippen LogP) is -0.438. The molecule has 5 nitrogen and oxygen atoms in total. The van der Waals surface area contributed by atoms with Gasteiger partial charge in [-0.05, 0) is 31.6 Å². The van der Waals surface area contributed by atoms with Crippen LogP contribution in [0.25, 0.3) is 0 Å². The minimum atomic E-state index is -0.923. The van der Waals surface area contributed by atoms with Crippen molar-refractivity contribution in [3.63, 3.8) is 0 Å². The van der Waals surface area contributed by atoms with Crippen molar-refractivity contribution in [3.05, 3.63) is 17.5 Å². The number of carbonyl (C=O) groups is 1. The second-order valence-corrected chi connectivity index (χ2v) is 5.48. The first-order valence-corrected chi connectivity index (χ1v) is 7.15. The smallest absolute Gasteiger partial charge is 0.191 e. The first-order valence-electron chi connectivity index (χ1n) is 7.15. The number of aryl methyl sites for hydroxylation is 1. The molecule has 0 radical (unpaired) electrons. The Hall–Kier alpha value is -1.36. The number of carboxylic acids is 1. The van der Waals surface area contributed by atoms with Gasteiger partial charge in [0, 0.05) is 12.0 Å². The Kier molecular flexibility index (Phi) is 4.96. The van der Waals surface area contributed by atoms with Gasteiger partial charge in [-0.1, -0.05) is 18.5 Å². The maximum atomic E-state index is 10.6. The number of nitrogens with one attached hydrogen (secondary N) is 1. The molecule has 1 fully saturated rings. The average molecular weight is 266 g/mol. The summed E-state index contributed by atoms with van der Waals surface area (Å²) in [7, 11) is 0. The van der Waals surface area contributed by atoms with Crippen LogP contribution >= 0.6 is 0 Å². The molecule has 1 saturated heterocycles. The molecule has 2 rings (SSSR count). The Labute approximate surface area is 113 Å². The zero-order chi connectivity index (χ0) is 13.7. The number of carbonyl (C=O) groups excluding carboxylic acids is 1. The summed E-state index contributed by atoms with van der Waals surface area (Å²) < 4.78 is 5.34. The van der Waals surface area contributed by atoms with Crippen LogP contribution in [-0.2, 0) is 17.8 Å². The van der Waals surface area contributed by atoms with Crippen LogP contribution in [0.1, 0.15) is 44.1 Å². The van der Waals surface area contributed by atoms with E-state index in [0.717, 1.165) is 56.8 Å². The number of quaternary nitrogens is 1. The maximum absolute atomic E-state index is 10.6. The normalized spacial score (nSPS) is 23.4. The van der Waals surface area contributed by atoms with Crippen molar-refractivity contribution in [2.24, 2.45) is 5.92 Å². The molecule has 5 heteroatoms. The van der Waals surface area contributed by atoms with Crippen LogP contribution in [0.15, 0.2) is 10.6 Å². The highest BCUT2D eigenvalue weighted by molar-refractivity contribution is 5.64. The number of nitrogens with zero attached hydrogens (tertiary/aromatic N) is 1. The summed E-state index contributed by atoms with van der Waals surface area (Å²) in [5.74, 6) is 0.309. The zero-order valence-corrected chi connectivity index (χ0v) is 11.5. The number of carboxylic acid groups (broad SMARTS) is 1. The van der Waals surface area contributed by atoms with E-state index in [1.54, 1.807) is 0 Å². The van der Waals surface area contributed by atoms with E-state index in [9.17, 15) is 9.90 Å². The molecule has 1 aromatic rings. The average Bonchev–Trinajstić information content (AvgIpc) is 2.79. The summed E-state index contributed by atoms with van der Waals surface area (Å²) >= 11 is 0. The first kappa shape index (κ1) is 14.1. The van der Waals surface area contributed by atoms with Gasteiger partial charge in [-0.15, -0.1) is 0 Å². The van der Waals surface area contributed by atoms with Gasteiger partial charge in [-0.2, -0.15) is 0 Å². The van der Waals surface area contributed by atoms with Gasteiger partial charge in [0.15, 0.2) is 5.76 Å². The van der Waals surface area contributed by atoms with E-state index in [1.165, 1.54) is 4.90 Å². The van der Waals surface area contributed by atoms with Crippen LogP contribution in [0.3, 0.4) is 0 Å². The van der Waals surface area contributed by atoms with Crippen molar-refractivity contribution in [1.82, 2.24) is 5.16 Å². The van der Waals surface area contributed by atoms with Crippen molar-refractivity contribution in [2.75, 3.05) is 13.1 Å². The fraction of sp³-hybridized carbons (Fsp3) is 0.714. The lowest BCUT2D eigenvalue weighted by atomic mass is 9.93. The van der Waals surface area contributed by atoms with E-state index >= 15 is 0 Å². The van der Waals surface area contributed by atoms with E-state index < -0.39 is 5.97 Å². The largest absolute Gasteiger partial charge is 0.550 e. The van der Waals surface area contributed by atoms with Crippen LogP contribution in [0.5, 0.6) is 0 Å². The molecule has 0 aromatic carbocycles. The molecule has 0 amide bonds. The minimum Gasteiger partial charge on any atom is -0.550 e. The van der Waals surface area contributed by atoms with E-state index in [2.05, 4.69) is 12.1 Å². The van der Waals surface area contributed by atoms with E-state index in [0.29, 0.717) is 5.92 Å². The molecule has 1 N–H and O–H groups in total. The van der Waals surface area contributed by atoms with Gasteiger partial charge in [0.05, 0.1) is 18.8 Å². The lowest BCUT2D eigenvalue weighted by Gasteiger charge is -2.28. The minimum absolute atomic E-state index is 0.205. The van der Waals surface area contributed by atoms with Crippen LogP contribution in [0.4, 0.5) is 0 Å². The molecule has 1 aromatic heterocycles. The Morgan fingerprint density at radius 3 is 2.89 bits per heavy atom. The number of aliphatic carboxylic acids is 1. The summed E-state index contributed by atoms with van der Waals surface area (Å²) in [6.45, 7) is 4.99. The van der Waals surface area contributed by atoms with Gasteiger partial charge in [0.25, 0.3) is 0 Å². The lowest BCUT2D eigenvalue weighted by Crippen LogP contribution is -3.11. The van der Waals surface area contributed by atoms with E-state index in [-0.39, 0.29) is 6.42 Å². The van der Waals surface area contributed by atoms with Gasteiger partial charge in [-0.25, -0.2) is 0 Å². The highest BCUT2D eigenvalue weighted by Crippen LogP contribution is 2.13. The SMILES string of the molecule is CCCc1cc(C[NH+]2CCC(CC(=O)[O-])CC2)on1. The Balaban J connectivity index is 1.76. The van der Waals surface area contributed by atoms with E-state index in [1.807, 2.05) is 6.07 Å². The Morgan fingerprint density at radius 1 is 1.53 bits per heavy atom. The molecule has 0 unspecified atom stereocenters. The molecule has 0 aliphatic carbocycles. The fourth-order valence-electron chi connectivity index (χ4n) is 2.76. The van der Waals surface area contributed by atoms with Crippen molar-refractivity contribution >= 4 is 5.97 Å². The molecule has 0 spiro atoms. The fourth-order valence-corrected chi connectivity index (χ4v) is 2.76. The van der Waals surface area contributed by atoms with Crippen molar-refractivity contribution < 1.29 is 19.3 Å². The number of likely N-dealkylation sites (tertiary alicyclic amines) is 1. The second-order valence-electron chi connectivity index (χ2n) is 5.48. The van der Waals surface area contributed by atoms with Crippen molar-refractivity contribution in [3.8, 4) is 0 Å². The van der Waals surface area contributed by atoms with Crippen LogP contribution in [0, 0.1) is 5.92 Å². The second kappa shape index (κ2) is 6.70. The first-order chi connectivity index (χ1) is 9.17. The Morgan fingerprint density at radius 2 is 2.26 bits per heavy atom. The monoisotopic (exact) mass is 266 g/mol. The molecule has 19 heavy (non-hydrogen) atoms. The van der Waals surface area contributed by atoms with Gasteiger partial charge in [0.2, 0.25) is 0 Å². The number of aromatic nitrogens is 1. The van der Waals surface area contributed by atoms with E-state index in [4.69, 9.17) is 4.52 Å². The topological polar surface area (TPSA) is 70.6 Å². The molecule has 106 valence electrons. The summed E-state index contributed by atoms with van der Waals surface area (Å²) in [5, 5.41) is 14.6. The molecule has 1 aliphatic rings. The third-order valence-corrected chi connectivity index (χ3v) is 3.81. The number of piperidine rings is 1. The predicted molar refractivity (Wildman–Crippen MR) is 67.2 cm³/mol. The molecule has 0 bridgehead atoms. The van der Waals surface area contributed by atoms with Crippen LogP contribution in [-0.4, -0.2) is 24.2 Å². The number of rotatable bonds is 6. The number of hydrogen-bond acceptors (Lipinski definition) is 4. The van der Waals surface area contributed by atoms with Crippen molar-refractivity contribution in [2.45, 2.75) is 45.6 Å². The van der Waals surface area contributed by atoms with Gasteiger partial charge in [0.1, 0.15) is 6.54 Å². The van der Waals surface area contributed by atoms with Crippen molar-refractivity contribution in [1.29, 1.82) is 0 Å². The van der Waals surface area contributed by atoms with Gasteiger partial charge >= 0.3 is 0 Å².